The van der Waals surface area contributed by atoms with Gasteiger partial charge in [-0.15, -0.1) is 0 Å². The SMILES string of the molecule is C[Si](C)(C)C1(C2C=CC=C2)ON=C(c2ccccc2)S1. The van der Waals surface area contributed by atoms with Crippen molar-refractivity contribution >= 4 is 24.9 Å². The van der Waals surface area contributed by atoms with E-state index in [9.17, 15) is 0 Å². The van der Waals surface area contributed by atoms with Crippen LogP contribution in [0.1, 0.15) is 5.56 Å². The van der Waals surface area contributed by atoms with Crippen LogP contribution in [0.2, 0.25) is 19.6 Å². The van der Waals surface area contributed by atoms with Crippen LogP contribution in [-0.2, 0) is 4.84 Å². The summed E-state index contributed by atoms with van der Waals surface area (Å²) in [5, 5.41) is 5.42. The molecule has 1 unspecified atom stereocenters. The zero-order valence-electron chi connectivity index (χ0n) is 12.0. The molecule has 1 aromatic carbocycles. The fourth-order valence-corrected chi connectivity index (χ4v) is 6.60. The number of allylic oxidation sites excluding steroid dienone is 2. The summed E-state index contributed by atoms with van der Waals surface area (Å²) in [5.74, 6) is 0.309. The Kier molecular flexibility index (Phi) is 3.38. The van der Waals surface area contributed by atoms with E-state index in [2.05, 4.69) is 61.2 Å². The van der Waals surface area contributed by atoms with Crippen molar-refractivity contribution in [2.75, 3.05) is 0 Å². The normalized spacial score (nSPS) is 25.9. The van der Waals surface area contributed by atoms with E-state index in [1.165, 1.54) is 0 Å². The van der Waals surface area contributed by atoms with Crippen LogP contribution in [0.15, 0.2) is 59.8 Å². The molecule has 1 heterocycles. The van der Waals surface area contributed by atoms with Crippen LogP contribution >= 0.6 is 11.8 Å². The fourth-order valence-electron chi connectivity index (χ4n) is 2.59. The topological polar surface area (TPSA) is 21.6 Å². The first-order valence-corrected chi connectivity index (χ1v) is 11.2. The number of oxime groups is 1. The van der Waals surface area contributed by atoms with Gasteiger partial charge in [0.25, 0.3) is 0 Å². The number of hydrogen-bond donors (Lipinski definition) is 0. The van der Waals surface area contributed by atoms with Crippen LogP contribution in [0.4, 0.5) is 0 Å². The molecule has 1 aliphatic carbocycles. The van der Waals surface area contributed by atoms with Gasteiger partial charge in [0.1, 0.15) is 13.1 Å². The van der Waals surface area contributed by atoms with E-state index in [0.717, 1.165) is 10.6 Å². The Bertz CT molecular complexity index is 576. The van der Waals surface area contributed by atoms with Crippen molar-refractivity contribution in [3.63, 3.8) is 0 Å². The maximum absolute atomic E-state index is 6.07. The second-order valence-electron chi connectivity index (χ2n) is 6.17. The zero-order valence-corrected chi connectivity index (χ0v) is 13.9. The third-order valence-electron chi connectivity index (χ3n) is 3.77. The largest absolute Gasteiger partial charge is 0.380 e. The summed E-state index contributed by atoms with van der Waals surface area (Å²) < 4.78 is -0.234. The average Bonchev–Trinajstić information content (AvgIpc) is 3.09. The predicted molar refractivity (Wildman–Crippen MR) is 89.5 cm³/mol. The van der Waals surface area contributed by atoms with Crippen LogP contribution in [-0.4, -0.2) is 17.7 Å². The van der Waals surface area contributed by atoms with Crippen molar-refractivity contribution in [1.82, 2.24) is 0 Å². The van der Waals surface area contributed by atoms with Crippen LogP contribution in [0, 0.1) is 5.92 Å². The van der Waals surface area contributed by atoms with Gasteiger partial charge in [-0.25, -0.2) is 0 Å². The van der Waals surface area contributed by atoms with E-state index in [4.69, 9.17) is 4.84 Å². The molecule has 1 aromatic rings. The first-order valence-electron chi connectivity index (χ1n) is 6.88. The highest BCUT2D eigenvalue weighted by atomic mass is 32.2. The van der Waals surface area contributed by atoms with Crippen LogP contribution in [0.5, 0.6) is 0 Å². The van der Waals surface area contributed by atoms with Crippen LogP contribution in [0.25, 0.3) is 0 Å². The van der Waals surface area contributed by atoms with Crippen molar-refractivity contribution in [2.24, 2.45) is 11.1 Å². The molecule has 4 heteroatoms. The van der Waals surface area contributed by atoms with E-state index in [-0.39, 0.29) is 4.56 Å². The molecular formula is C16H19NOSSi. The summed E-state index contributed by atoms with van der Waals surface area (Å²) in [6.07, 6.45) is 8.68. The fraction of sp³-hybridized carbons (Fsp3) is 0.312. The van der Waals surface area contributed by atoms with E-state index in [0.29, 0.717) is 5.92 Å². The minimum absolute atomic E-state index is 0.234. The van der Waals surface area contributed by atoms with Gasteiger partial charge in [-0.05, 0) is 0 Å². The third kappa shape index (κ3) is 2.17. The number of thioether (sulfide) groups is 1. The second kappa shape index (κ2) is 4.93. The molecule has 104 valence electrons. The molecule has 0 amide bonds. The molecule has 0 saturated carbocycles. The Labute approximate surface area is 125 Å². The van der Waals surface area contributed by atoms with Crippen molar-refractivity contribution in [3.8, 4) is 0 Å². The van der Waals surface area contributed by atoms with Gasteiger partial charge in [-0.3, -0.25) is 0 Å². The van der Waals surface area contributed by atoms with Gasteiger partial charge in [0.15, 0.2) is 4.56 Å². The van der Waals surface area contributed by atoms with Gasteiger partial charge in [0.05, 0.1) is 0 Å². The van der Waals surface area contributed by atoms with Gasteiger partial charge in [0, 0.05) is 11.5 Å². The second-order valence-corrected chi connectivity index (χ2v) is 13.0. The standard InChI is InChI=1S/C16H19NOSSi/c1-20(2,3)16(14-11-7-8-12-14)18-17-15(19-16)13-9-5-4-6-10-13/h4-12,14H,1-3H3. The minimum atomic E-state index is -1.59. The van der Waals surface area contributed by atoms with Crippen molar-refractivity contribution in [1.29, 1.82) is 0 Å². The number of nitrogens with zero attached hydrogens (tertiary/aromatic N) is 1. The average molecular weight is 301 g/mol. The summed E-state index contributed by atoms with van der Waals surface area (Å²) in [5.41, 5.74) is 1.14. The van der Waals surface area contributed by atoms with Gasteiger partial charge in [-0.1, -0.05) is 91.2 Å². The molecule has 2 nitrogen and oxygen atoms in total. The Morgan fingerprint density at radius 1 is 1.10 bits per heavy atom. The van der Waals surface area contributed by atoms with Gasteiger partial charge < -0.3 is 4.84 Å². The molecule has 0 fully saturated rings. The van der Waals surface area contributed by atoms with Crippen molar-refractivity contribution in [2.45, 2.75) is 24.2 Å². The van der Waals surface area contributed by atoms with E-state index in [1.807, 2.05) is 18.2 Å². The van der Waals surface area contributed by atoms with E-state index in [1.54, 1.807) is 11.8 Å². The van der Waals surface area contributed by atoms with E-state index < -0.39 is 8.07 Å². The molecule has 0 saturated heterocycles. The quantitative estimate of drug-likeness (QED) is 0.770. The van der Waals surface area contributed by atoms with E-state index >= 15 is 0 Å². The highest BCUT2D eigenvalue weighted by Gasteiger charge is 2.55. The number of hydrogen-bond acceptors (Lipinski definition) is 3. The summed E-state index contributed by atoms with van der Waals surface area (Å²) in [7, 11) is -1.59. The van der Waals surface area contributed by atoms with Crippen LogP contribution < -0.4 is 0 Å². The lowest BCUT2D eigenvalue weighted by Gasteiger charge is -2.39. The molecule has 1 atom stereocenters. The Hall–Kier alpha value is -1.26. The first kappa shape index (κ1) is 13.7. The summed E-state index contributed by atoms with van der Waals surface area (Å²) >= 11 is 1.80. The van der Waals surface area contributed by atoms with Gasteiger partial charge in [0.2, 0.25) is 0 Å². The molecule has 0 radical (unpaired) electrons. The summed E-state index contributed by atoms with van der Waals surface area (Å²) in [4.78, 5) is 6.07. The van der Waals surface area contributed by atoms with Crippen molar-refractivity contribution < 1.29 is 4.84 Å². The monoisotopic (exact) mass is 301 g/mol. The molecule has 0 bridgehead atoms. The van der Waals surface area contributed by atoms with Gasteiger partial charge in [-0.2, -0.15) is 0 Å². The lowest BCUT2D eigenvalue weighted by molar-refractivity contribution is 0.0735. The molecule has 0 spiro atoms. The zero-order chi connectivity index (χ0) is 14.2. The lowest BCUT2D eigenvalue weighted by Crippen LogP contribution is -2.53. The Morgan fingerprint density at radius 3 is 2.35 bits per heavy atom. The molecule has 0 N–H and O–H groups in total. The maximum atomic E-state index is 6.07. The Morgan fingerprint density at radius 2 is 1.75 bits per heavy atom. The maximum Gasteiger partial charge on any atom is 0.182 e. The number of benzene rings is 1. The third-order valence-corrected chi connectivity index (χ3v) is 9.58. The van der Waals surface area contributed by atoms with Gasteiger partial charge >= 0.3 is 0 Å². The molecule has 2 aliphatic rings. The predicted octanol–water partition coefficient (Wildman–Crippen LogP) is 4.43. The summed E-state index contributed by atoms with van der Waals surface area (Å²) in [6.45, 7) is 7.05. The highest BCUT2D eigenvalue weighted by molar-refractivity contribution is 8.17. The lowest BCUT2D eigenvalue weighted by atomic mass is 10.2. The molecule has 3 rings (SSSR count). The smallest absolute Gasteiger partial charge is 0.182 e. The molecule has 1 aliphatic heterocycles. The minimum Gasteiger partial charge on any atom is -0.380 e. The molecule has 0 aromatic heterocycles. The molecular weight excluding hydrogens is 282 g/mol. The van der Waals surface area contributed by atoms with Crippen molar-refractivity contribution in [3.05, 3.63) is 60.2 Å². The summed E-state index contributed by atoms with van der Waals surface area (Å²) in [6, 6.07) is 10.3. The number of rotatable bonds is 3. The molecule has 20 heavy (non-hydrogen) atoms. The van der Waals surface area contributed by atoms with Crippen LogP contribution in [0.3, 0.4) is 0 Å². The first-order chi connectivity index (χ1) is 9.53. The Balaban J connectivity index is 1.93. The highest BCUT2D eigenvalue weighted by Crippen LogP contribution is 2.50.